The molecule has 5 heteroatoms. The zero-order valence-electron chi connectivity index (χ0n) is 16.9. The van der Waals surface area contributed by atoms with Gasteiger partial charge in [-0.2, -0.15) is 0 Å². The van der Waals surface area contributed by atoms with Crippen molar-refractivity contribution in [2.45, 2.75) is 26.3 Å². The maximum Gasteiger partial charge on any atom is 0.300 e. The molecule has 1 amide bonds. The predicted molar refractivity (Wildman–Crippen MR) is 116 cm³/mol. The van der Waals surface area contributed by atoms with E-state index in [1.807, 2.05) is 38.1 Å². The van der Waals surface area contributed by atoms with Gasteiger partial charge in [-0.3, -0.25) is 19.5 Å². The van der Waals surface area contributed by atoms with Crippen LogP contribution < -0.4 is 4.90 Å². The van der Waals surface area contributed by atoms with Crippen LogP contribution in [0.2, 0.25) is 0 Å². The number of benzene rings is 2. The molecular weight excluding hydrogens is 376 g/mol. The number of aliphatic hydroxyl groups is 1. The molecule has 1 unspecified atom stereocenters. The summed E-state index contributed by atoms with van der Waals surface area (Å²) in [5.74, 6) is -1.59. The number of rotatable bonds is 4. The second kappa shape index (κ2) is 7.95. The fourth-order valence-corrected chi connectivity index (χ4v) is 3.68. The zero-order valence-corrected chi connectivity index (χ0v) is 16.9. The van der Waals surface area contributed by atoms with Gasteiger partial charge >= 0.3 is 0 Å². The van der Waals surface area contributed by atoms with Crippen LogP contribution in [0.15, 0.2) is 78.5 Å². The van der Waals surface area contributed by atoms with Gasteiger partial charge in [-0.25, -0.2) is 0 Å². The number of aryl methyl sites for hydroxylation is 2. The van der Waals surface area contributed by atoms with Crippen molar-refractivity contribution in [1.29, 1.82) is 0 Å². The number of aliphatic hydroxyl groups excluding tert-OH is 1. The third-order valence-electron chi connectivity index (χ3n) is 5.36. The Bertz CT molecular complexity index is 1120. The Morgan fingerprint density at radius 3 is 2.30 bits per heavy atom. The fourth-order valence-electron chi connectivity index (χ4n) is 3.68. The number of anilines is 1. The highest BCUT2D eigenvalue weighted by Crippen LogP contribution is 2.41. The summed E-state index contributed by atoms with van der Waals surface area (Å²) in [6.07, 6.45) is 2.48. The molecule has 0 aliphatic carbocycles. The minimum Gasteiger partial charge on any atom is -0.507 e. The molecule has 2 aromatic carbocycles. The molecule has 1 aliphatic rings. The van der Waals surface area contributed by atoms with E-state index in [2.05, 4.69) is 4.98 Å². The first kappa shape index (κ1) is 19.6. The highest BCUT2D eigenvalue weighted by Gasteiger charge is 2.47. The molecule has 3 aromatic rings. The highest BCUT2D eigenvalue weighted by atomic mass is 16.3. The quantitative estimate of drug-likeness (QED) is 0.397. The number of pyridine rings is 1. The van der Waals surface area contributed by atoms with Crippen LogP contribution >= 0.6 is 0 Å². The molecule has 2 heterocycles. The van der Waals surface area contributed by atoms with E-state index >= 15 is 0 Å². The first-order chi connectivity index (χ1) is 14.5. The van der Waals surface area contributed by atoms with Crippen molar-refractivity contribution in [1.82, 2.24) is 4.98 Å². The molecule has 0 spiro atoms. The van der Waals surface area contributed by atoms with Crippen LogP contribution in [0.1, 0.15) is 35.3 Å². The van der Waals surface area contributed by atoms with Gasteiger partial charge in [-0.05, 0) is 43.2 Å². The Hall–Kier alpha value is -3.73. The van der Waals surface area contributed by atoms with Gasteiger partial charge in [0, 0.05) is 17.4 Å². The van der Waals surface area contributed by atoms with E-state index in [0.29, 0.717) is 16.9 Å². The van der Waals surface area contributed by atoms with Gasteiger partial charge in [0.25, 0.3) is 11.7 Å². The summed E-state index contributed by atoms with van der Waals surface area (Å²) in [5.41, 5.74) is 3.80. The SMILES string of the molecule is CCc1ccc(/C(O)=C2/C(=O)C(=O)N(c3ccc(C)cc3)C2c2ccccn2)cc1. The van der Waals surface area contributed by atoms with Crippen molar-refractivity contribution in [2.24, 2.45) is 0 Å². The third kappa shape index (κ3) is 3.39. The largest absolute Gasteiger partial charge is 0.507 e. The Morgan fingerprint density at radius 2 is 1.70 bits per heavy atom. The second-order valence-electron chi connectivity index (χ2n) is 7.31. The number of nitrogens with zero attached hydrogens (tertiary/aromatic N) is 2. The maximum atomic E-state index is 13.0. The van der Waals surface area contributed by atoms with Crippen LogP contribution in [0.25, 0.3) is 5.76 Å². The molecule has 5 nitrogen and oxygen atoms in total. The first-order valence-electron chi connectivity index (χ1n) is 9.89. The average molecular weight is 398 g/mol. The summed E-state index contributed by atoms with van der Waals surface area (Å²) in [7, 11) is 0. The number of amides is 1. The van der Waals surface area contributed by atoms with Gasteiger partial charge in [0.1, 0.15) is 11.8 Å². The zero-order chi connectivity index (χ0) is 21.3. The Labute approximate surface area is 175 Å². The Kier molecular flexibility index (Phi) is 5.19. The van der Waals surface area contributed by atoms with Crippen LogP contribution in [0.5, 0.6) is 0 Å². The van der Waals surface area contributed by atoms with Crippen LogP contribution in [0.3, 0.4) is 0 Å². The van der Waals surface area contributed by atoms with Crippen LogP contribution in [-0.4, -0.2) is 21.8 Å². The monoisotopic (exact) mass is 398 g/mol. The molecule has 1 saturated heterocycles. The predicted octanol–water partition coefficient (Wildman–Crippen LogP) is 4.58. The minimum absolute atomic E-state index is 0.0449. The van der Waals surface area contributed by atoms with E-state index in [1.54, 1.807) is 48.7 Å². The van der Waals surface area contributed by atoms with E-state index in [4.69, 9.17) is 0 Å². The van der Waals surface area contributed by atoms with Gasteiger partial charge in [0.15, 0.2) is 0 Å². The summed E-state index contributed by atoms with van der Waals surface area (Å²) in [4.78, 5) is 31.9. The Morgan fingerprint density at radius 1 is 1.00 bits per heavy atom. The van der Waals surface area contributed by atoms with Crippen molar-refractivity contribution in [2.75, 3.05) is 4.90 Å². The molecule has 1 N–H and O–H groups in total. The minimum atomic E-state index is -0.806. The number of hydrogen-bond acceptors (Lipinski definition) is 4. The lowest BCUT2D eigenvalue weighted by Crippen LogP contribution is -2.29. The van der Waals surface area contributed by atoms with Crippen molar-refractivity contribution in [3.05, 3.63) is 101 Å². The topological polar surface area (TPSA) is 70.5 Å². The molecule has 150 valence electrons. The normalized spacial score (nSPS) is 18.1. The van der Waals surface area contributed by atoms with Crippen molar-refractivity contribution in [3.8, 4) is 0 Å². The lowest BCUT2D eigenvalue weighted by Gasteiger charge is -2.24. The van der Waals surface area contributed by atoms with Crippen molar-refractivity contribution >= 4 is 23.1 Å². The number of aromatic nitrogens is 1. The molecule has 0 bridgehead atoms. The van der Waals surface area contributed by atoms with E-state index in [1.165, 1.54) is 4.90 Å². The standard InChI is InChI=1S/C25H22N2O3/c1-3-17-9-11-18(12-10-17)23(28)21-22(20-6-4-5-15-26-20)27(25(30)24(21)29)19-13-7-16(2)8-14-19/h4-15,22,28H,3H2,1-2H3/b23-21-. The maximum absolute atomic E-state index is 13.0. The van der Waals surface area contributed by atoms with Crippen LogP contribution in [-0.2, 0) is 16.0 Å². The number of carbonyl (C=O) groups excluding carboxylic acids is 2. The third-order valence-corrected chi connectivity index (χ3v) is 5.36. The Balaban J connectivity index is 1.90. The molecule has 0 saturated carbocycles. The smallest absolute Gasteiger partial charge is 0.300 e. The molecule has 1 fully saturated rings. The van der Waals surface area contributed by atoms with E-state index in [-0.39, 0.29) is 11.3 Å². The van der Waals surface area contributed by atoms with E-state index in [0.717, 1.165) is 17.5 Å². The molecular formula is C25H22N2O3. The van der Waals surface area contributed by atoms with Crippen molar-refractivity contribution < 1.29 is 14.7 Å². The number of carbonyl (C=O) groups is 2. The van der Waals surface area contributed by atoms with Crippen molar-refractivity contribution in [3.63, 3.8) is 0 Å². The van der Waals surface area contributed by atoms with Gasteiger partial charge in [0.2, 0.25) is 0 Å². The van der Waals surface area contributed by atoms with Gasteiger partial charge < -0.3 is 5.11 Å². The lowest BCUT2D eigenvalue weighted by atomic mass is 9.97. The van der Waals surface area contributed by atoms with E-state index in [9.17, 15) is 14.7 Å². The molecule has 30 heavy (non-hydrogen) atoms. The second-order valence-corrected chi connectivity index (χ2v) is 7.31. The summed E-state index contributed by atoms with van der Waals surface area (Å²) in [6, 6.07) is 19.2. The summed E-state index contributed by atoms with van der Waals surface area (Å²) < 4.78 is 0. The highest BCUT2D eigenvalue weighted by molar-refractivity contribution is 6.51. The van der Waals surface area contributed by atoms with Gasteiger partial charge in [-0.15, -0.1) is 0 Å². The van der Waals surface area contributed by atoms with Gasteiger partial charge in [-0.1, -0.05) is 55.0 Å². The average Bonchev–Trinajstić information content (AvgIpc) is 3.05. The van der Waals surface area contributed by atoms with Crippen LogP contribution in [0, 0.1) is 6.92 Å². The number of Topliss-reactive ketones (excluding diaryl/α,β-unsaturated/α-hetero) is 1. The van der Waals surface area contributed by atoms with Crippen LogP contribution in [0.4, 0.5) is 5.69 Å². The molecule has 1 atom stereocenters. The fraction of sp³-hybridized carbons (Fsp3) is 0.160. The summed E-state index contributed by atoms with van der Waals surface area (Å²) in [5, 5.41) is 11.1. The molecule has 4 rings (SSSR count). The summed E-state index contributed by atoms with van der Waals surface area (Å²) in [6.45, 7) is 4.00. The molecule has 1 aromatic heterocycles. The molecule has 0 radical (unpaired) electrons. The first-order valence-corrected chi connectivity index (χ1v) is 9.89. The number of hydrogen-bond donors (Lipinski definition) is 1. The lowest BCUT2D eigenvalue weighted by molar-refractivity contribution is -0.132. The summed E-state index contributed by atoms with van der Waals surface area (Å²) >= 11 is 0. The number of ketones is 1. The van der Waals surface area contributed by atoms with E-state index < -0.39 is 17.7 Å². The molecule has 1 aliphatic heterocycles. The van der Waals surface area contributed by atoms with Gasteiger partial charge in [0.05, 0.1) is 11.3 Å².